The summed E-state index contributed by atoms with van der Waals surface area (Å²) in [6.07, 6.45) is -2.41. The fourth-order valence-corrected chi connectivity index (χ4v) is 3.85. The molecule has 0 heterocycles. The van der Waals surface area contributed by atoms with E-state index in [-0.39, 0.29) is 23.3 Å². The molecule has 32 heavy (non-hydrogen) atoms. The Morgan fingerprint density at radius 3 is 2.03 bits per heavy atom. The van der Waals surface area contributed by atoms with Crippen molar-refractivity contribution in [2.24, 2.45) is 0 Å². The van der Waals surface area contributed by atoms with Crippen molar-refractivity contribution in [1.29, 1.82) is 0 Å². The highest BCUT2D eigenvalue weighted by atomic mass is 32.2. The third-order valence-electron chi connectivity index (χ3n) is 4.53. The predicted molar refractivity (Wildman–Crippen MR) is 108 cm³/mol. The van der Waals surface area contributed by atoms with Crippen LogP contribution in [0.3, 0.4) is 0 Å². The second-order valence-electron chi connectivity index (χ2n) is 6.83. The van der Waals surface area contributed by atoms with E-state index in [0.717, 1.165) is 29.6 Å². The summed E-state index contributed by atoms with van der Waals surface area (Å²) < 4.78 is 102. The average molecular weight is 474 g/mol. The van der Waals surface area contributed by atoms with Gasteiger partial charge in [-0.05, 0) is 35.9 Å². The summed E-state index contributed by atoms with van der Waals surface area (Å²) >= 11 is 1.61. The van der Waals surface area contributed by atoms with Crippen molar-refractivity contribution in [3.05, 3.63) is 83.2 Å². The molecule has 0 saturated heterocycles. The molecule has 1 nitrogen and oxygen atoms in total. The lowest BCUT2D eigenvalue weighted by molar-refractivity contribution is -0.187. The number of hydrogen-bond acceptors (Lipinski definition) is 2. The number of hydrogen-bond donors (Lipinski definition) is 0. The zero-order valence-corrected chi connectivity index (χ0v) is 17.5. The zero-order valence-electron chi connectivity index (χ0n) is 16.7. The molecule has 0 fully saturated rings. The molecule has 0 aliphatic carbocycles. The van der Waals surface area contributed by atoms with Gasteiger partial charge >= 0.3 is 6.11 Å². The maximum atomic E-state index is 14.6. The molecule has 0 saturated carbocycles. The Kier molecular flexibility index (Phi) is 7.38. The van der Waals surface area contributed by atoms with Crippen molar-refractivity contribution in [2.45, 2.75) is 30.8 Å². The Hall–Kier alpha value is -2.68. The molecule has 0 aliphatic rings. The van der Waals surface area contributed by atoms with Gasteiger partial charge in [0, 0.05) is 22.6 Å². The molecule has 3 rings (SSSR count). The fraction of sp³-hybridized carbons (Fsp3) is 0.217. The lowest BCUT2D eigenvalue weighted by Gasteiger charge is -2.20. The molecule has 0 radical (unpaired) electrons. The number of unbranched alkanes of at least 4 members (excludes halogenated alkanes) is 1. The van der Waals surface area contributed by atoms with Gasteiger partial charge in [0.15, 0.2) is 29.1 Å². The normalized spacial score (nSPS) is 11.6. The van der Waals surface area contributed by atoms with Gasteiger partial charge in [-0.2, -0.15) is 8.78 Å². The Labute approximate surface area is 184 Å². The van der Waals surface area contributed by atoms with E-state index in [4.69, 9.17) is 0 Å². The number of rotatable bonds is 8. The first-order valence-corrected chi connectivity index (χ1v) is 10.6. The third kappa shape index (κ3) is 5.20. The highest BCUT2D eigenvalue weighted by Gasteiger charge is 2.39. The van der Waals surface area contributed by atoms with Crippen LogP contribution in [-0.4, -0.2) is 5.75 Å². The quantitative estimate of drug-likeness (QED) is 0.141. The third-order valence-corrected chi connectivity index (χ3v) is 5.63. The number of alkyl halides is 2. The van der Waals surface area contributed by atoms with Gasteiger partial charge in [0.1, 0.15) is 11.3 Å². The molecular weight excluding hydrogens is 457 g/mol. The van der Waals surface area contributed by atoms with E-state index in [2.05, 4.69) is 11.7 Å². The summed E-state index contributed by atoms with van der Waals surface area (Å²) in [6.45, 7) is 2.06. The predicted octanol–water partition coefficient (Wildman–Crippen LogP) is 8.07. The molecule has 170 valence electrons. The van der Waals surface area contributed by atoms with Crippen molar-refractivity contribution < 1.29 is 35.5 Å². The van der Waals surface area contributed by atoms with Crippen LogP contribution in [0.15, 0.2) is 53.4 Å². The Bertz CT molecular complexity index is 1080. The maximum Gasteiger partial charge on any atom is 0.429 e. The number of thioether (sulfide) groups is 1. The molecule has 0 atom stereocenters. The van der Waals surface area contributed by atoms with E-state index in [1.165, 1.54) is 0 Å². The number of benzene rings is 3. The van der Waals surface area contributed by atoms with Crippen molar-refractivity contribution in [2.75, 3.05) is 5.75 Å². The van der Waals surface area contributed by atoms with E-state index in [1.54, 1.807) is 36.0 Å². The Balaban J connectivity index is 1.86. The number of halogens is 7. The highest BCUT2D eigenvalue weighted by molar-refractivity contribution is 7.99. The summed E-state index contributed by atoms with van der Waals surface area (Å²) in [4.78, 5) is 0.929. The largest absolute Gasteiger partial charge is 0.429 e. The lowest BCUT2D eigenvalue weighted by atomic mass is 10.0. The van der Waals surface area contributed by atoms with Crippen LogP contribution in [0.5, 0.6) is 5.75 Å². The summed E-state index contributed by atoms with van der Waals surface area (Å²) in [5.41, 5.74) is -1.44. The van der Waals surface area contributed by atoms with Gasteiger partial charge in [-0.25, -0.2) is 22.0 Å². The minimum absolute atomic E-state index is 0.176. The van der Waals surface area contributed by atoms with E-state index >= 15 is 0 Å². The monoisotopic (exact) mass is 474 g/mol. The Morgan fingerprint density at radius 2 is 1.44 bits per heavy atom. The van der Waals surface area contributed by atoms with Crippen LogP contribution in [0.2, 0.25) is 0 Å². The second-order valence-corrected chi connectivity index (χ2v) is 8.00. The Morgan fingerprint density at radius 1 is 0.812 bits per heavy atom. The lowest BCUT2D eigenvalue weighted by Crippen LogP contribution is -2.24. The minimum atomic E-state index is -4.49. The summed E-state index contributed by atoms with van der Waals surface area (Å²) in [5.74, 6) is -9.01. The molecule has 0 amide bonds. The van der Waals surface area contributed by atoms with E-state index in [1.807, 2.05) is 0 Å². The molecule has 3 aromatic rings. The standard InChI is InChI=1S/C23H17F7OS/c1-2-3-10-32-15-6-4-13(5-7-15)16-8-9-17(21(27)20(16)26)23(29,30)31-14-11-18(24)22(28)19(25)12-14/h4-9,11-12H,2-3,10H2,1H3. The van der Waals surface area contributed by atoms with Crippen LogP contribution in [0.25, 0.3) is 11.1 Å². The first-order chi connectivity index (χ1) is 15.1. The summed E-state index contributed by atoms with van der Waals surface area (Å²) in [7, 11) is 0. The first-order valence-electron chi connectivity index (χ1n) is 9.57. The zero-order chi connectivity index (χ0) is 23.5. The van der Waals surface area contributed by atoms with Crippen molar-refractivity contribution in [1.82, 2.24) is 0 Å². The molecule has 0 spiro atoms. The van der Waals surface area contributed by atoms with Gasteiger partial charge in [-0.3, -0.25) is 0 Å². The molecule has 0 aromatic heterocycles. The van der Waals surface area contributed by atoms with Crippen LogP contribution in [0, 0.1) is 29.1 Å². The van der Waals surface area contributed by atoms with Crippen LogP contribution < -0.4 is 4.74 Å². The van der Waals surface area contributed by atoms with Gasteiger partial charge in [0.25, 0.3) is 0 Å². The van der Waals surface area contributed by atoms with E-state index in [9.17, 15) is 30.7 Å². The second kappa shape index (κ2) is 9.85. The fourth-order valence-electron chi connectivity index (χ4n) is 2.86. The van der Waals surface area contributed by atoms with Gasteiger partial charge in [-0.1, -0.05) is 31.5 Å². The topological polar surface area (TPSA) is 9.23 Å². The van der Waals surface area contributed by atoms with E-state index < -0.39 is 46.5 Å². The first kappa shape index (κ1) is 24.0. The van der Waals surface area contributed by atoms with Crippen LogP contribution >= 0.6 is 11.8 Å². The number of ether oxygens (including phenoxy) is 1. The molecule has 0 bridgehead atoms. The molecular formula is C23H17F7OS. The molecule has 0 N–H and O–H groups in total. The van der Waals surface area contributed by atoms with Gasteiger partial charge in [-0.15, -0.1) is 11.8 Å². The van der Waals surface area contributed by atoms with Crippen LogP contribution in [0.4, 0.5) is 30.7 Å². The van der Waals surface area contributed by atoms with Gasteiger partial charge in [0.2, 0.25) is 0 Å². The molecule has 9 heteroatoms. The smallest absolute Gasteiger partial charge is 0.429 e. The highest BCUT2D eigenvalue weighted by Crippen LogP contribution is 2.37. The van der Waals surface area contributed by atoms with E-state index in [0.29, 0.717) is 6.07 Å². The summed E-state index contributed by atoms with van der Waals surface area (Å²) in [6, 6.07) is 8.45. The minimum Gasteiger partial charge on any atom is -0.429 e. The summed E-state index contributed by atoms with van der Waals surface area (Å²) in [5, 5.41) is 0. The van der Waals surface area contributed by atoms with Gasteiger partial charge < -0.3 is 4.74 Å². The van der Waals surface area contributed by atoms with Crippen molar-refractivity contribution >= 4 is 11.8 Å². The molecule has 0 unspecified atom stereocenters. The SMILES string of the molecule is CCCCSc1ccc(-c2ccc(C(F)(F)Oc3cc(F)c(F)c(F)c3)c(F)c2F)cc1. The maximum absolute atomic E-state index is 14.6. The molecule has 3 aromatic carbocycles. The van der Waals surface area contributed by atoms with Crippen molar-refractivity contribution in [3.8, 4) is 16.9 Å². The van der Waals surface area contributed by atoms with Crippen molar-refractivity contribution in [3.63, 3.8) is 0 Å². The average Bonchev–Trinajstić information content (AvgIpc) is 2.74. The van der Waals surface area contributed by atoms with Gasteiger partial charge in [0.05, 0.1) is 0 Å². The van der Waals surface area contributed by atoms with Crippen LogP contribution in [0.1, 0.15) is 25.3 Å². The van der Waals surface area contributed by atoms with Crippen LogP contribution in [-0.2, 0) is 6.11 Å². The molecule has 0 aliphatic heterocycles.